The van der Waals surface area contributed by atoms with E-state index in [0.717, 1.165) is 19.1 Å². The predicted octanol–water partition coefficient (Wildman–Crippen LogP) is 3.75. The summed E-state index contributed by atoms with van der Waals surface area (Å²) in [6.07, 6.45) is 11.1. The van der Waals surface area contributed by atoms with Crippen molar-refractivity contribution in [3.8, 4) is 0 Å². The lowest BCUT2D eigenvalue weighted by atomic mass is 10.0. The topological polar surface area (TPSA) is 15.3 Å². The van der Waals surface area contributed by atoms with E-state index in [2.05, 4.69) is 34.5 Å². The van der Waals surface area contributed by atoms with Gasteiger partial charge in [-0.15, -0.1) is 0 Å². The van der Waals surface area contributed by atoms with Gasteiger partial charge in [-0.3, -0.25) is 4.90 Å². The lowest BCUT2D eigenvalue weighted by molar-refractivity contribution is 0.262. The highest BCUT2D eigenvalue weighted by molar-refractivity contribution is 5.27. The Kier molecular flexibility index (Phi) is 5.70. The lowest BCUT2D eigenvalue weighted by Gasteiger charge is -2.23. The van der Waals surface area contributed by atoms with Crippen molar-refractivity contribution in [3.63, 3.8) is 0 Å². The van der Waals surface area contributed by atoms with Crippen LogP contribution in [-0.4, -0.2) is 30.6 Å². The molecule has 21 heavy (non-hydrogen) atoms. The maximum Gasteiger partial charge on any atom is 0.0237 e. The first-order valence-electron chi connectivity index (χ1n) is 8.94. The Labute approximate surface area is 129 Å². The third-order valence-electron chi connectivity index (χ3n) is 5.15. The lowest BCUT2D eigenvalue weighted by Crippen LogP contribution is -2.37. The molecule has 0 atom stereocenters. The second-order valence-electron chi connectivity index (χ2n) is 6.79. The summed E-state index contributed by atoms with van der Waals surface area (Å²) in [5.74, 6) is 0. The largest absolute Gasteiger partial charge is 0.313 e. The summed E-state index contributed by atoms with van der Waals surface area (Å²) in [4.78, 5) is 2.63. The minimum atomic E-state index is 0.784. The average Bonchev–Trinajstić information content (AvgIpc) is 2.87. The first kappa shape index (κ1) is 15.1. The molecule has 3 rings (SSSR count). The Morgan fingerprint density at radius 1 is 0.952 bits per heavy atom. The molecule has 0 radical (unpaired) electrons. The molecule has 116 valence electrons. The maximum atomic E-state index is 3.81. The zero-order valence-corrected chi connectivity index (χ0v) is 13.3. The van der Waals surface area contributed by atoms with Gasteiger partial charge in [0.2, 0.25) is 0 Å². The van der Waals surface area contributed by atoms with Gasteiger partial charge in [0.25, 0.3) is 0 Å². The molecule has 0 amide bonds. The van der Waals surface area contributed by atoms with Crippen molar-refractivity contribution in [3.05, 3.63) is 35.4 Å². The number of hydrogen-bond acceptors (Lipinski definition) is 2. The molecule has 2 nitrogen and oxygen atoms in total. The van der Waals surface area contributed by atoms with Crippen LogP contribution in [0.5, 0.6) is 0 Å². The summed E-state index contributed by atoms with van der Waals surface area (Å²) >= 11 is 0. The molecular weight excluding hydrogens is 256 g/mol. The van der Waals surface area contributed by atoms with Gasteiger partial charge < -0.3 is 5.32 Å². The van der Waals surface area contributed by atoms with Crippen LogP contribution in [0.4, 0.5) is 0 Å². The van der Waals surface area contributed by atoms with Gasteiger partial charge in [0.1, 0.15) is 0 Å². The summed E-state index contributed by atoms with van der Waals surface area (Å²) < 4.78 is 0. The molecule has 2 aliphatic rings. The Morgan fingerprint density at radius 3 is 2.52 bits per heavy atom. The fourth-order valence-corrected chi connectivity index (χ4v) is 3.87. The smallest absolute Gasteiger partial charge is 0.0237 e. The van der Waals surface area contributed by atoms with Crippen molar-refractivity contribution in [2.75, 3.05) is 19.6 Å². The molecule has 0 spiro atoms. The normalized spacial score (nSPS) is 21.5. The van der Waals surface area contributed by atoms with Gasteiger partial charge in [0, 0.05) is 25.7 Å². The van der Waals surface area contributed by atoms with Gasteiger partial charge in [-0.1, -0.05) is 49.9 Å². The van der Waals surface area contributed by atoms with Gasteiger partial charge >= 0.3 is 0 Å². The number of nitrogens with one attached hydrogen (secondary N) is 1. The predicted molar refractivity (Wildman–Crippen MR) is 89.5 cm³/mol. The molecular formula is C19H30N2. The van der Waals surface area contributed by atoms with Gasteiger partial charge in [0.05, 0.1) is 0 Å². The van der Waals surface area contributed by atoms with Gasteiger partial charge in [-0.05, 0) is 43.4 Å². The van der Waals surface area contributed by atoms with Crippen molar-refractivity contribution in [2.45, 2.75) is 64.0 Å². The second-order valence-corrected chi connectivity index (χ2v) is 6.79. The Bertz CT molecular complexity index is 421. The SMILES string of the molecule is c1ccc2c(c1)CCCN(CCNC1CCCCCC1)C2. The highest BCUT2D eigenvalue weighted by Gasteiger charge is 2.15. The number of hydrogen-bond donors (Lipinski definition) is 1. The van der Waals surface area contributed by atoms with E-state index in [9.17, 15) is 0 Å². The molecule has 1 aliphatic heterocycles. The van der Waals surface area contributed by atoms with E-state index < -0.39 is 0 Å². The van der Waals surface area contributed by atoms with Gasteiger partial charge in [-0.2, -0.15) is 0 Å². The third-order valence-corrected chi connectivity index (χ3v) is 5.15. The molecule has 0 aromatic heterocycles. The molecule has 1 fully saturated rings. The highest BCUT2D eigenvalue weighted by atomic mass is 15.1. The van der Waals surface area contributed by atoms with Crippen LogP contribution >= 0.6 is 0 Å². The fraction of sp³-hybridized carbons (Fsp3) is 0.684. The van der Waals surface area contributed by atoms with Crippen molar-refractivity contribution in [1.29, 1.82) is 0 Å². The first-order valence-corrected chi connectivity index (χ1v) is 8.94. The van der Waals surface area contributed by atoms with Crippen molar-refractivity contribution < 1.29 is 0 Å². The molecule has 0 saturated heterocycles. The molecule has 1 aromatic carbocycles. The monoisotopic (exact) mass is 286 g/mol. The van der Waals surface area contributed by atoms with Crippen LogP contribution in [0.2, 0.25) is 0 Å². The average molecular weight is 286 g/mol. The number of rotatable bonds is 4. The highest BCUT2D eigenvalue weighted by Crippen LogP contribution is 2.19. The molecule has 1 aromatic rings. The molecule has 2 heteroatoms. The van der Waals surface area contributed by atoms with E-state index in [1.807, 2.05) is 0 Å². The Balaban J connectivity index is 1.45. The standard InChI is InChI=1S/C19H30N2/c1-2-4-12-19(11-3-1)20-13-15-21-14-7-10-17-8-5-6-9-18(17)16-21/h5-6,8-9,19-20H,1-4,7,10-16H2. The van der Waals surface area contributed by atoms with Crippen molar-refractivity contribution >= 4 is 0 Å². The molecule has 1 saturated carbocycles. The molecule has 1 heterocycles. The minimum absolute atomic E-state index is 0.784. The number of aryl methyl sites for hydroxylation is 1. The zero-order chi connectivity index (χ0) is 14.3. The summed E-state index contributed by atoms with van der Waals surface area (Å²) in [7, 11) is 0. The first-order chi connectivity index (χ1) is 10.4. The maximum absolute atomic E-state index is 3.81. The summed E-state index contributed by atoms with van der Waals surface area (Å²) in [6, 6.07) is 9.77. The van der Waals surface area contributed by atoms with Crippen LogP contribution in [0, 0.1) is 0 Å². The molecule has 1 N–H and O–H groups in total. The Hall–Kier alpha value is -0.860. The minimum Gasteiger partial charge on any atom is -0.313 e. The fourth-order valence-electron chi connectivity index (χ4n) is 3.87. The van der Waals surface area contributed by atoms with Crippen molar-refractivity contribution in [1.82, 2.24) is 10.2 Å². The van der Waals surface area contributed by atoms with Crippen LogP contribution in [-0.2, 0) is 13.0 Å². The zero-order valence-electron chi connectivity index (χ0n) is 13.3. The van der Waals surface area contributed by atoms with Gasteiger partial charge in [-0.25, -0.2) is 0 Å². The number of nitrogens with zero attached hydrogens (tertiary/aromatic N) is 1. The van der Waals surface area contributed by atoms with Crippen LogP contribution in [0.15, 0.2) is 24.3 Å². The molecule has 0 unspecified atom stereocenters. The van der Waals surface area contributed by atoms with Crippen LogP contribution < -0.4 is 5.32 Å². The van der Waals surface area contributed by atoms with E-state index in [-0.39, 0.29) is 0 Å². The van der Waals surface area contributed by atoms with Crippen LogP contribution in [0.25, 0.3) is 0 Å². The number of benzene rings is 1. The van der Waals surface area contributed by atoms with Crippen LogP contribution in [0.1, 0.15) is 56.1 Å². The summed E-state index contributed by atoms with van der Waals surface area (Å²) in [5.41, 5.74) is 3.11. The molecule has 0 bridgehead atoms. The van der Waals surface area contributed by atoms with Crippen LogP contribution in [0.3, 0.4) is 0 Å². The molecule has 1 aliphatic carbocycles. The van der Waals surface area contributed by atoms with E-state index in [4.69, 9.17) is 0 Å². The van der Waals surface area contributed by atoms with E-state index in [1.165, 1.54) is 64.5 Å². The van der Waals surface area contributed by atoms with E-state index >= 15 is 0 Å². The summed E-state index contributed by atoms with van der Waals surface area (Å²) in [6.45, 7) is 4.75. The number of fused-ring (bicyclic) bond motifs is 1. The summed E-state index contributed by atoms with van der Waals surface area (Å²) in [5, 5.41) is 3.81. The van der Waals surface area contributed by atoms with Crippen molar-refractivity contribution in [2.24, 2.45) is 0 Å². The van der Waals surface area contributed by atoms with E-state index in [1.54, 1.807) is 11.1 Å². The van der Waals surface area contributed by atoms with E-state index in [0.29, 0.717) is 0 Å². The third kappa shape index (κ3) is 4.55. The second kappa shape index (κ2) is 7.95. The van der Waals surface area contributed by atoms with Gasteiger partial charge in [0.15, 0.2) is 0 Å². The Morgan fingerprint density at radius 2 is 1.71 bits per heavy atom. The quantitative estimate of drug-likeness (QED) is 0.848.